The van der Waals surface area contributed by atoms with E-state index in [4.69, 9.17) is 15.2 Å². The molecule has 2 rings (SSSR count). The molecule has 0 saturated heterocycles. The molecule has 0 radical (unpaired) electrons. The highest BCUT2D eigenvalue weighted by atomic mass is 16.5. The molecule has 7 heteroatoms. The second-order valence-electron chi connectivity index (χ2n) is 4.86. The molecular formula is C16H19N3O4. The second kappa shape index (κ2) is 7.55. The lowest BCUT2D eigenvalue weighted by atomic mass is 10.2. The van der Waals surface area contributed by atoms with Crippen molar-refractivity contribution in [1.29, 1.82) is 0 Å². The molecule has 0 saturated carbocycles. The maximum absolute atomic E-state index is 12.1. The average Bonchev–Trinajstić information content (AvgIpc) is 2.92. The van der Waals surface area contributed by atoms with Crippen LogP contribution in [0.25, 0.3) is 0 Å². The number of carbonyl (C=O) groups is 2. The summed E-state index contributed by atoms with van der Waals surface area (Å²) < 4.78 is 11.8. The minimum atomic E-state index is -0.624. The number of rotatable bonds is 7. The highest BCUT2D eigenvalue weighted by molar-refractivity contribution is 6.00. The minimum absolute atomic E-state index is 0.0924. The number of ether oxygens (including phenoxy) is 2. The van der Waals surface area contributed by atoms with Crippen LogP contribution in [0.2, 0.25) is 0 Å². The van der Waals surface area contributed by atoms with E-state index >= 15 is 0 Å². The summed E-state index contributed by atoms with van der Waals surface area (Å²) in [5, 5.41) is 4.14. The highest BCUT2D eigenvalue weighted by Crippen LogP contribution is 2.26. The molecule has 122 valence electrons. The van der Waals surface area contributed by atoms with Gasteiger partial charge < -0.3 is 15.2 Å². The molecule has 0 unspecified atom stereocenters. The number of methoxy groups -OCH3 is 1. The molecule has 2 aromatic rings. The smallest absolute Gasteiger partial charge is 0.360 e. The van der Waals surface area contributed by atoms with Crippen molar-refractivity contribution in [1.82, 2.24) is 9.78 Å². The van der Waals surface area contributed by atoms with Crippen molar-refractivity contribution in [3.05, 3.63) is 47.3 Å². The van der Waals surface area contributed by atoms with Gasteiger partial charge in [0.2, 0.25) is 0 Å². The third kappa shape index (κ3) is 3.75. The summed E-state index contributed by atoms with van der Waals surface area (Å²) in [5.41, 5.74) is 6.63. The molecule has 23 heavy (non-hydrogen) atoms. The fraction of sp³-hybridized carbons (Fsp3) is 0.312. The van der Waals surface area contributed by atoms with E-state index in [2.05, 4.69) is 5.10 Å². The van der Waals surface area contributed by atoms with Crippen molar-refractivity contribution in [3.8, 4) is 5.75 Å². The number of Topliss-reactive ketones (excluding diaryl/α,β-unsaturated/α-hetero) is 1. The first-order valence-electron chi connectivity index (χ1n) is 7.15. The minimum Gasteiger partial charge on any atom is -0.484 e. The summed E-state index contributed by atoms with van der Waals surface area (Å²) in [6.45, 7) is 2.12. The summed E-state index contributed by atoms with van der Waals surface area (Å²) in [7, 11) is 1.26. The number of nitrogens with zero attached hydrogens (tertiary/aromatic N) is 2. The number of ketones is 1. The van der Waals surface area contributed by atoms with Crippen LogP contribution in [0, 0.1) is 0 Å². The third-order valence-corrected chi connectivity index (χ3v) is 3.19. The molecule has 0 amide bonds. The molecule has 0 aliphatic carbocycles. The van der Waals surface area contributed by atoms with Gasteiger partial charge in [-0.1, -0.05) is 30.3 Å². The number of benzene rings is 1. The number of hydrogen-bond donors (Lipinski definition) is 1. The first-order valence-corrected chi connectivity index (χ1v) is 7.15. The van der Waals surface area contributed by atoms with E-state index in [1.807, 2.05) is 30.3 Å². The Hall–Kier alpha value is -2.67. The van der Waals surface area contributed by atoms with Gasteiger partial charge in [-0.25, -0.2) is 4.79 Å². The predicted octanol–water partition coefficient (Wildman–Crippen LogP) is 1.41. The zero-order valence-corrected chi connectivity index (χ0v) is 13.1. The highest BCUT2D eigenvalue weighted by Gasteiger charge is 2.27. The molecule has 0 atom stereocenters. The first kappa shape index (κ1) is 16.7. The average molecular weight is 317 g/mol. The van der Waals surface area contributed by atoms with Crippen LogP contribution in [-0.2, 0) is 17.9 Å². The molecule has 1 heterocycles. The SMILES string of the molecule is COC(=O)c1c(OCc2ccccc2)c(C(C)=O)nn1CCN. The van der Waals surface area contributed by atoms with E-state index in [0.29, 0.717) is 0 Å². The van der Waals surface area contributed by atoms with Crippen LogP contribution >= 0.6 is 0 Å². The topological polar surface area (TPSA) is 96.4 Å². The summed E-state index contributed by atoms with van der Waals surface area (Å²) in [4.78, 5) is 23.9. The molecule has 7 nitrogen and oxygen atoms in total. The van der Waals surface area contributed by atoms with Gasteiger partial charge in [0.1, 0.15) is 6.61 Å². The Labute approximate surface area is 134 Å². The van der Waals surface area contributed by atoms with Crippen LogP contribution in [0.4, 0.5) is 0 Å². The monoisotopic (exact) mass is 317 g/mol. The van der Waals surface area contributed by atoms with Crippen LogP contribution < -0.4 is 10.5 Å². The molecule has 0 spiro atoms. The first-order chi connectivity index (χ1) is 11.1. The van der Waals surface area contributed by atoms with Crippen molar-refractivity contribution in [2.75, 3.05) is 13.7 Å². The fourth-order valence-electron chi connectivity index (χ4n) is 2.12. The fourth-order valence-corrected chi connectivity index (χ4v) is 2.12. The molecule has 0 bridgehead atoms. The molecular weight excluding hydrogens is 298 g/mol. The van der Waals surface area contributed by atoms with Gasteiger partial charge in [0.25, 0.3) is 0 Å². The standard InChI is InChI=1S/C16H19N3O4/c1-11(20)13-15(23-10-12-6-4-3-5-7-12)14(16(21)22-2)19(18-13)9-8-17/h3-7H,8-10,17H2,1-2H3. The Morgan fingerprint density at radius 2 is 1.96 bits per heavy atom. The normalized spacial score (nSPS) is 10.4. The quantitative estimate of drug-likeness (QED) is 0.612. The van der Waals surface area contributed by atoms with Crippen molar-refractivity contribution >= 4 is 11.8 Å². The molecule has 0 aliphatic rings. The Bertz CT molecular complexity index is 695. The van der Waals surface area contributed by atoms with Gasteiger partial charge in [0.15, 0.2) is 22.9 Å². The summed E-state index contributed by atoms with van der Waals surface area (Å²) >= 11 is 0. The van der Waals surface area contributed by atoms with Gasteiger partial charge in [-0.2, -0.15) is 5.10 Å². The lowest BCUT2D eigenvalue weighted by molar-refractivity contribution is 0.0581. The summed E-state index contributed by atoms with van der Waals surface area (Å²) in [5.74, 6) is -0.794. The zero-order chi connectivity index (χ0) is 16.8. The van der Waals surface area contributed by atoms with Crippen LogP contribution in [-0.4, -0.2) is 35.2 Å². The molecule has 2 N–H and O–H groups in total. The largest absolute Gasteiger partial charge is 0.484 e. The Morgan fingerprint density at radius 3 is 2.52 bits per heavy atom. The van der Waals surface area contributed by atoms with Crippen LogP contribution in [0.1, 0.15) is 33.5 Å². The van der Waals surface area contributed by atoms with Crippen molar-refractivity contribution in [3.63, 3.8) is 0 Å². The number of esters is 1. The van der Waals surface area contributed by atoms with Crippen LogP contribution in [0.3, 0.4) is 0 Å². The van der Waals surface area contributed by atoms with Crippen LogP contribution in [0.15, 0.2) is 30.3 Å². The number of aromatic nitrogens is 2. The molecule has 0 aliphatic heterocycles. The van der Waals surface area contributed by atoms with E-state index in [1.165, 1.54) is 18.7 Å². The molecule has 0 fully saturated rings. The van der Waals surface area contributed by atoms with E-state index in [1.54, 1.807) is 0 Å². The Kier molecular flexibility index (Phi) is 5.48. The van der Waals surface area contributed by atoms with Gasteiger partial charge >= 0.3 is 5.97 Å². The van der Waals surface area contributed by atoms with Gasteiger partial charge in [-0.15, -0.1) is 0 Å². The Balaban J connectivity index is 2.41. The number of nitrogens with two attached hydrogens (primary N) is 1. The maximum atomic E-state index is 12.1. The van der Waals surface area contributed by atoms with E-state index in [-0.39, 0.29) is 42.6 Å². The summed E-state index contributed by atoms with van der Waals surface area (Å²) in [6.07, 6.45) is 0. The van der Waals surface area contributed by atoms with E-state index in [0.717, 1.165) is 5.56 Å². The van der Waals surface area contributed by atoms with Gasteiger partial charge in [-0.05, 0) is 5.56 Å². The number of carbonyl (C=O) groups excluding carboxylic acids is 2. The van der Waals surface area contributed by atoms with Crippen molar-refractivity contribution in [2.24, 2.45) is 5.73 Å². The molecule has 1 aromatic heterocycles. The maximum Gasteiger partial charge on any atom is 0.360 e. The lowest BCUT2D eigenvalue weighted by Gasteiger charge is -2.09. The third-order valence-electron chi connectivity index (χ3n) is 3.19. The van der Waals surface area contributed by atoms with Crippen molar-refractivity contribution < 1.29 is 19.1 Å². The second-order valence-corrected chi connectivity index (χ2v) is 4.86. The molecule has 1 aromatic carbocycles. The lowest BCUT2D eigenvalue weighted by Crippen LogP contribution is -2.18. The van der Waals surface area contributed by atoms with Crippen molar-refractivity contribution in [2.45, 2.75) is 20.1 Å². The Morgan fingerprint density at radius 1 is 1.26 bits per heavy atom. The zero-order valence-electron chi connectivity index (χ0n) is 13.1. The van der Waals surface area contributed by atoms with Gasteiger partial charge in [0, 0.05) is 13.5 Å². The van der Waals surface area contributed by atoms with Gasteiger partial charge in [-0.3, -0.25) is 9.48 Å². The van der Waals surface area contributed by atoms with Crippen LogP contribution in [0.5, 0.6) is 5.75 Å². The van der Waals surface area contributed by atoms with E-state index in [9.17, 15) is 9.59 Å². The number of hydrogen-bond acceptors (Lipinski definition) is 6. The predicted molar refractivity (Wildman–Crippen MR) is 83.4 cm³/mol. The van der Waals surface area contributed by atoms with E-state index < -0.39 is 5.97 Å². The summed E-state index contributed by atoms with van der Waals surface area (Å²) in [6, 6.07) is 9.42. The van der Waals surface area contributed by atoms with Gasteiger partial charge in [0.05, 0.1) is 13.7 Å².